The van der Waals surface area contributed by atoms with Crippen molar-refractivity contribution < 1.29 is 4.79 Å². The average molecular weight is 279 g/mol. The smallest absolute Gasteiger partial charge is 0.280 e. The van der Waals surface area contributed by atoms with Crippen LogP contribution in [0.1, 0.15) is 5.82 Å². The first-order valence-corrected chi connectivity index (χ1v) is 6.55. The first-order chi connectivity index (χ1) is 10.2. The zero-order valence-electron chi connectivity index (χ0n) is 11.2. The lowest BCUT2D eigenvalue weighted by Crippen LogP contribution is -2.19. The van der Waals surface area contributed by atoms with Gasteiger partial charge in [0, 0.05) is 5.69 Å². The highest BCUT2D eigenvalue weighted by Gasteiger charge is 2.08. The molecule has 3 rings (SSSR count). The second-order valence-corrected chi connectivity index (χ2v) is 4.63. The largest absolute Gasteiger partial charge is 0.343 e. The van der Waals surface area contributed by atoms with Gasteiger partial charge in [-0.05, 0) is 24.3 Å². The number of hydrogen-bond donors (Lipinski definition) is 2. The standard InChI is InChI=1S/C16H13N3O2/c20-15(17-11-6-2-1-3-7-11)10-14-18-13-9-5-4-8-12(13)16(21)19-14/h1-9H,10H2,(H,17,20)(H,18,19,21). The Morgan fingerprint density at radius 2 is 1.76 bits per heavy atom. The molecule has 0 unspecified atom stereocenters. The average Bonchev–Trinajstić information content (AvgIpc) is 2.48. The van der Waals surface area contributed by atoms with Gasteiger partial charge in [-0.15, -0.1) is 0 Å². The third-order valence-electron chi connectivity index (χ3n) is 3.06. The zero-order chi connectivity index (χ0) is 14.7. The summed E-state index contributed by atoms with van der Waals surface area (Å²) >= 11 is 0. The summed E-state index contributed by atoms with van der Waals surface area (Å²) in [5, 5.41) is 3.28. The Bertz CT molecular complexity index is 841. The van der Waals surface area contributed by atoms with E-state index >= 15 is 0 Å². The minimum atomic E-state index is -0.327. The van der Waals surface area contributed by atoms with Gasteiger partial charge in [-0.1, -0.05) is 30.3 Å². The number of rotatable bonds is 3. The van der Waals surface area contributed by atoms with E-state index in [9.17, 15) is 9.59 Å². The number of fused-ring (bicyclic) bond motifs is 1. The summed E-state index contributed by atoms with van der Waals surface area (Å²) in [7, 11) is 0. The molecule has 0 aliphatic carbocycles. The Kier molecular flexibility index (Phi) is 3.47. The first kappa shape index (κ1) is 13.1. The number of hydrogen-bond acceptors (Lipinski definition) is 3. The normalized spacial score (nSPS) is 10.5. The molecule has 3 aromatic rings. The van der Waals surface area contributed by atoms with Crippen LogP contribution >= 0.6 is 0 Å². The second-order valence-electron chi connectivity index (χ2n) is 4.63. The number of aromatic nitrogens is 2. The van der Waals surface area contributed by atoms with Crippen LogP contribution in [0.4, 0.5) is 5.69 Å². The highest BCUT2D eigenvalue weighted by atomic mass is 16.1. The minimum Gasteiger partial charge on any atom is -0.343 e. The fourth-order valence-electron chi connectivity index (χ4n) is 2.11. The van der Waals surface area contributed by atoms with E-state index in [0.29, 0.717) is 22.4 Å². The van der Waals surface area contributed by atoms with Gasteiger partial charge in [-0.3, -0.25) is 9.59 Å². The molecule has 1 aromatic heterocycles. The summed E-state index contributed by atoms with van der Waals surface area (Å²) in [6.07, 6.45) is 0.0228. The maximum atomic E-state index is 12.0. The molecule has 0 radical (unpaired) electrons. The van der Waals surface area contributed by atoms with Gasteiger partial charge in [0.15, 0.2) is 0 Å². The Morgan fingerprint density at radius 3 is 2.57 bits per heavy atom. The number of carbonyl (C=O) groups excluding carboxylic acids is 1. The third kappa shape index (κ3) is 2.97. The monoisotopic (exact) mass is 279 g/mol. The van der Waals surface area contributed by atoms with Crippen LogP contribution in [0.15, 0.2) is 59.4 Å². The van der Waals surface area contributed by atoms with Crippen molar-refractivity contribution in [2.45, 2.75) is 6.42 Å². The topological polar surface area (TPSA) is 74.8 Å². The number of nitrogens with zero attached hydrogens (tertiary/aromatic N) is 1. The van der Waals surface area contributed by atoms with Crippen molar-refractivity contribution in [3.63, 3.8) is 0 Å². The molecule has 0 saturated carbocycles. The molecule has 0 saturated heterocycles. The van der Waals surface area contributed by atoms with E-state index in [1.54, 1.807) is 30.3 Å². The van der Waals surface area contributed by atoms with Crippen molar-refractivity contribution >= 4 is 22.5 Å². The van der Waals surface area contributed by atoms with E-state index in [-0.39, 0.29) is 17.9 Å². The third-order valence-corrected chi connectivity index (χ3v) is 3.06. The SMILES string of the molecule is O=C(Cc1nc(=O)c2ccccc2[nH]1)Nc1ccccc1. The van der Waals surface area contributed by atoms with Crippen LogP contribution in [0.2, 0.25) is 0 Å². The molecule has 0 spiro atoms. The van der Waals surface area contributed by atoms with Gasteiger partial charge in [0.05, 0.1) is 17.3 Å². The Balaban J connectivity index is 1.82. The van der Waals surface area contributed by atoms with Gasteiger partial charge in [0.2, 0.25) is 5.91 Å². The van der Waals surface area contributed by atoms with E-state index in [2.05, 4.69) is 15.3 Å². The number of para-hydroxylation sites is 2. The molecule has 2 N–H and O–H groups in total. The zero-order valence-corrected chi connectivity index (χ0v) is 11.2. The molecule has 0 aliphatic rings. The van der Waals surface area contributed by atoms with Crippen molar-refractivity contribution in [2.24, 2.45) is 0 Å². The van der Waals surface area contributed by atoms with E-state index < -0.39 is 0 Å². The number of aromatic amines is 1. The summed E-state index contributed by atoms with van der Waals surface area (Å²) in [6.45, 7) is 0. The predicted molar refractivity (Wildman–Crippen MR) is 81.1 cm³/mol. The number of H-pyrrole nitrogens is 1. The summed E-state index contributed by atoms with van der Waals surface area (Å²) in [6, 6.07) is 16.2. The molecule has 0 bridgehead atoms. The molecular formula is C16H13N3O2. The fourth-order valence-corrected chi connectivity index (χ4v) is 2.11. The highest BCUT2D eigenvalue weighted by molar-refractivity contribution is 5.92. The Labute approximate surface area is 120 Å². The van der Waals surface area contributed by atoms with Crippen LogP contribution in [-0.4, -0.2) is 15.9 Å². The lowest BCUT2D eigenvalue weighted by molar-refractivity contribution is -0.115. The Morgan fingerprint density at radius 1 is 1.05 bits per heavy atom. The molecule has 1 heterocycles. The number of benzene rings is 2. The minimum absolute atomic E-state index is 0.0228. The maximum absolute atomic E-state index is 12.0. The first-order valence-electron chi connectivity index (χ1n) is 6.55. The van der Waals surface area contributed by atoms with Crippen molar-refractivity contribution in [3.05, 3.63) is 70.8 Å². The van der Waals surface area contributed by atoms with Gasteiger partial charge >= 0.3 is 0 Å². The quantitative estimate of drug-likeness (QED) is 0.771. The van der Waals surface area contributed by atoms with Crippen molar-refractivity contribution in [3.8, 4) is 0 Å². The van der Waals surface area contributed by atoms with Crippen LogP contribution in [0.25, 0.3) is 10.9 Å². The lowest BCUT2D eigenvalue weighted by Gasteiger charge is -2.05. The van der Waals surface area contributed by atoms with Gasteiger partial charge in [-0.2, -0.15) is 4.98 Å². The van der Waals surface area contributed by atoms with Gasteiger partial charge < -0.3 is 10.3 Å². The van der Waals surface area contributed by atoms with Crippen LogP contribution in [0, 0.1) is 0 Å². The van der Waals surface area contributed by atoms with E-state index in [0.717, 1.165) is 0 Å². The van der Waals surface area contributed by atoms with Crippen LogP contribution in [0.5, 0.6) is 0 Å². The Hall–Kier alpha value is -2.95. The maximum Gasteiger partial charge on any atom is 0.280 e. The molecule has 0 fully saturated rings. The molecular weight excluding hydrogens is 266 g/mol. The van der Waals surface area contributed by atoms with Crippen LogP contribution in [0.3, 0.4) is 0 Å². The number of carbonyl (C=O) groups is 1. The number of amides is 1. The van der Waals surface area contributed by atoms with Crippen molar-refractivity contribution in [2.75, 3.05) is 5.32 Å². The summed E-state index contributed by atoms with van der Waals surface area (Å²) < 4.78 is 0. The van der Waals surface area contributed by atoms with Crippen molar-refractivity contribution in [1.82, 2.24) is 9.97 Å². The second kappa shape index (κ2) is 5.58. The van der Waals surface area contributed by atoms with Crippen molar-refractivity contribution in [1.29, 1.82) is 0 Å². The van der Waals surface area contributed by atoms with E-state index in [1.807, 2.05) is 24.3 Å². The molecule has 21 heavy (non-hydrogen) atoms. The molecule has 5 nitrogen and oxygen atoms in total. The van der Waals surface area contributed by atoms with Gasteiger partial charge in [0.25, 0.3) is 5.56 Å². The molecule has 1 amide bonds. The molecule has 104 valence electrons. The number of anilines is 1. The van der Waals surface area contributed by atoms with Gasteiger partial charge in [-0.25, -0.2) is 0 Å². The fraction of sp³-hybridized carbons (Fsp3) is 0.0625. The van der Waals surface area contributed by atoms with E-state index in [4.69, 9.17) is 0 Å². The summed E-state index contributed by atoms with van der Waals surface area (Å²) in [4.78, 5) is 30.8. The predicted octanol–water partition coefficient (Wildman–Crippen LogP) is 2.10. The highest BCUT2D eigenvalue weighted by Crippen LogP contribution is 2.08. The van der Waals surface area contributed by atoms with Crippen LogP contribution < -0.4 is 10.9 Å². The molecule has 2 aromatic carbocycles. The van der Waals surface area contributed by atoms with E-state index in [1.165, 1.54) is 0 Å². The molecule has 5 heteroatoms. The summed E-state index contributed by atoms with van der Waals surface area (Å²) in [5.74, 6) is 0.131. The molecule has 0 aliphatic heterocycles. The lowest BCUT2D eigenvalue weighted by atomic mass is 10.2. The summed E-state index contributed by atoms with van der Waals surface area (Å²) in [5.41, 5.74) is 1.07. The number of nitrogens with one attached hydrogen (secondary N) is 2. The molecule has 0 atom stereocenters. The van der Waals surface area contributed by atoms with Crippen LogP contribution in [-0.2, 0) is 11.2 Å². The van der Waals surface area contributed by atoms with Gasteiger partial charge in [0.1, 0.15) is 5.82 Å².